The Bertz CT molecular complexity index is 818. The van der Waals surface area contributed by atoms with Gasteiger partial charge in [0.2, 0.25) is 5.95 Å². The normalized spacial score (nSPS) is 16.7. The van der Waals surface area contributed by atoms with Crippen LogP contribution in [0.4, 0.5) is 17.3 Å². The monoisotopic (exact) mass is 381 g/mol. The van der Waals surface area contributed by atoms with Crippen molar-refractivity contribution in [1.29, 1.82) is 0 Å². The Morgan fingerprint density at radius 3 is 2.75 bits per heavy atom. The highest BCUT2D eigenvalue weighted by molar-refractivity contribution is 5.92. The number of nitrogens with zero attached hydrogens (tertiary/aromatic N) is 4. The maximum Gasteiger partial charge on any atom is 0.272 e. The standard InChI is InChI=1S/C22H31N5O/c1-5-26(6-2)18-9-10-19(17(4)14-18)24-22-23-12-11-20(25-22)21(28)27-13-7-8-16(3)15-27/h9-12,14,16H,5-8,13,15H2,1-4H3,(H,23,24,25). The summed E-state index contributed by atoms with van der Waals surface area (Å²) < 4.78 is 0. The first kappa shape index (κ1) is 20.1. The number of amides is 1. The minimum absolute atomic E-state index is 0.00870. The lowest BCUT2D eigenvalue weighted by Gasteiger charge is -2.30. The van der Waals surface area contributed by atoms with Crippen LogP contribution in [0.15, 0.2) is 30.5 Å². The Morgan fingerprint density at radius 1 is 1.29 bits per heavy atom. The Morgan fingerprint density at radius 2 is 2.07 bits per heavy atom. The van der Waals surface area contributed by atoms with Gasteiger partial charge in [-0.3, -0.25) is 4.79 Å². The molecule has 1 amide bonds. The van der Waals surface area contributed by atoms with Crippen LogP contribution in [0.5, 0.6) is 0 Å². The molecular formula is C22H31N5O. The third-order valence-electron chi connectivity index (χ3n) is 5.40. The number of benzene rings is 1. The van der Waals surface area contributed by atoms with E-state index in [0.29, 0.717) is 17.6 Å². The van der Waals surface area contributed by atoms with Gasteiger partial charge in [0.15, 0.2) is 0 Å². The van der Waals surface area contributed by atoms with E-state index >= 15 is 0 Å². The van der Waals surface area contributed by atoms with Crippen molar-refractivity contribution in [1.82, 2.24) is 14.9 Å². The fourth-order valence-corrected chi connectivity index (χ4v) is 3.77. The van der Waals surface area contributed by atoms with Crippen LogP contribution in [0.2, 0.25) is 0 Å². The number of anilines is 3. The predicted octanol–water partition coefficient (Wildman–Crippen LogP) is 4.25. The van der Waals surface area contributed by atoms with E-state index < -0.39 is 0 Å². The molecule has 1 saturated heterocycles. The van der Waals surface area contributed by atoms with E-state index in [9.17, 15) is 4.79 Å². The molecule has 0 radical (unpaired) electrons. The molecule has 1 atom stereocenters. The summed E-state index contributed by atoms with van der Waals surface area (Å²) in [4.78, 5) is 25.8. The molecule has 1 unspecified atom stereocenters. The van der Waals surface area contributed by atoms with E-state index in [-0.39, 0.29) is 5.91 Å². The summed E-state index contributed by atoms with van der Waals surface area (Å²) in [5.74, 6) is 0.990. The second-order valence-corrected chi connectivity index (χ2v) is 7.56. The van der Waals surface area contributed by atoms with Crippen LogP contribution in [-0.2, 0) is 0 Å². The Kier molecular flexibility index (Phi) is 6.49. The molecule has 150 valence electrons. The zero-order chi connectivity index (χ0) is 20.1. The fourth-order valence-electron chi connectivity index (χ4n) is 3.77. The van der Waals surface area contributed by atoms with Gasteiger partial charge in [-0.05, 0) is 69.4 Å². The van der Waals surface area contributed by atoms with Crippen LogP contribution in [-0.4, -0.2) is 47.0 Å². The number of hydrogen-bond donors (Lipinski definition) is 1. The number of piperidine rings is 1. The highest BCUT2D eigenvalue weighted by atomic mass is 16.2. The van der Waals surface area contributed by atoms with Crippen LogP contribution in [0.1, 0.15) is 49.7 Å². The molecule has 2 heterocycles. The van der Waals surface area contributed by atoms with Crippen molar-refractivity contribution in [3.63, 3.8) is 0 Å². The molecule has 1 N–H and O–H groups in total. The first-order valence-electron chi connectivity index (χ1n) is 10.3. The van der Waals surface area contributed by atoms with Gasteiger partial charge < -0.3 is 15.1 Å². The summed E-state index contributed by atoms with van der Waals surface area (Å²) in [6.45, 7) is 12.1. The number of carbonyl (C=O) groups is 1. The Labute approximate surface area is 168 Å². The number of aryl methyl sites for hydroxylation is 1. The zero-order valence-corrected chi connectivity index (χ0v) is 17.4. The molecule has 6 heteroatoms. The van der Waals surface area contributed by atoms with Crippen LogP contribution in [0.3, 0.4) is 0 Å². The van der Waals surface area contributed by atoms with Crippen molar-refractivity contribution in [2.75, 3.05) is 36.4 Å². The molecular weight excluding hydrogens is 350 g/mol. The van der Waals surface area contributed by atoms with E-state index in [1.165, 1.54) is 12.1 Å². The third-order valence-corrected chi connectivity index (χ3v) is 5.40. The van der Waals surface area contributed by atoms with Gasteiger partial charge in [0.05, 0.1) is 0 Å². The summed E-state index contributed by atoms with van der Waals surface area (Å²) in [5.41, 5.74) is 3.72. The minimum Gasteiger partial charge on any atom is -0.372 e. The summed E-state index contributed by atoms with van der Waals surface area (Å²) in [7, 11) is 0. The molecule has 2 aromatic rings. The van der Waals surface area contributed by atoms with E-state index in [2.05, 4.69) is 60.0 Å². The lowest BCUT2D eigenvalue weighted by Crippen LogP contribution is -2.39. The number of rotatable bonds is 6. The van der Waals surface area contributed by atoms with Crippen LogP contribution in [0.25, 0.3) is 0 Å². The number of carbonyl (C=O) groups excluding carboxylic acids is 1. The lowest BCUT2D eigenvalue weighted by atomic mass is 10.00. The van der Waals surface area contributed by atoms with E-state index in [4.69, 9.17) is 0 Å². The fraction of sp³-hybridized carbons (Fsp3) is 0.500. The Balaban J connectivity index is 1.75. The van der Waals surface area contributed by atoms with Crippen molar-refractivity contribution in [3.8, 4) is 0 Å². The van der Waals surface area contributed by atoms with E-state index in [0.717, 1.165) is 43.9 Å². The molecule has 1 aliphatic rings. The number of aromatic nitrogens is 2. The highest BCUT2D eigenvalue weighted by Crippen LogP contribution is 2.25. The lowest BCUT2D eigenvalue weighted by molar-refractivity contribution is 0.0677. The molecule has 1 fully saturated rings. The third kappa shape index (κ3) is 4.61. The van der Waals surface area contributed by atoms with Gasteiger partial charge in [-0.15, -0.1) is 0 Å². The SMILES string of the molecule is CCN(CC)c1ccc(Nc2nccc(C(=O)N3CCCC(C)C3)n2)c(C)c1. The van der Waals surface area contributed by atoms with Crippen molar-refractivity contribution in [2.24, 2.45) is 5.92 Å². The first-order chi connectivity index (χ1) is 13.5. The quantitative estimate of drug-likeness (QED) is 0.811. The number of hydrogen-bond acceptors (Lipinski definition) is 5. The second-order valence-electron chi connectivity index (χ2n) is 7.56. The van der Waals surface area contributed by atoms with Gasteiger partial charge in [0.1, 0.15) is 5.69 Å². The summed E-state index contributed by atoms with van der Waals surface area (Å²) >= 11 is 0. The predicted molar refractivity (Wildman–Crippen MR) is 114 cm³/mol. The molecule has 6 nitrogen and oxygen atoms in total. The smallest absolute Gasteiger partial charge is 0.272 e. The molecule has 0 saturated carbocycles. The number of likely N-dealkylation sites (tertiary alicyclic amines) is 1. The van der Waals surface area contributed by atoms with Crippen LogP contribution >= 0.6 is 0 Å². The largest absolute Gasteiger partial charge is 0.372 e. The maximum atomic E-state index is 12.8. The van der Waals surface area contributed by atoms with Crippen molar-refractivity contribution < 1.29 is 4.79 Å². The molecule has 0 bridgehead atoms. The van der Waals surface area contributed by atoms with Gasteiger partial charge in [0, 0.05) is 43.8 Å². The summed E-state index contributed by atoms with van der Waals surface area (Å²) in [6, 6.07) is 8.02. The topological polar surface area (TPSA) is 61.4 Å². The molecule has 1 aromatic carbocycles. The van der Waals surface area contributed by atoms with Crippen molar-refractivity contribution in [3.05, 3.63) is 41.7 Å². The van der Waals surface area contributed by atoms with Crippen LogP contribution < -0.4 is 10.2 Å². The van der Waals surface area contributed by atoms with Gasteiger partial charge >= 0.3 is 0 Å². The van der Waals surface area contributed by atoms with E-state index in [1.807, 2.05) is 11.0 Å². The molecule has 28 heavy (non-hydrogen) atoms. The second kappa shape index (κ2) is 9.04. The highest BCUT2D eigenvalue weighted by Gasteiger charge is 2.23. The first-order valence-corrected chi connectivity index (χ1v) is 10.3. The minimum atomic E-state index is -0.00870. The molecule has 1 aliphatic heterocycles. The maximum absolute atomic E-state index is 12.8. The van der Waals surface area contributed by atoms with Crippen molar-refractivity contribution in [2.45, 2.75) is 40.5 Å². The zero-order valence-electron chi connectivity index (χ0n) is 17.4. The molecule has 0 spiro atoms. The average Bonchev–Trinajstić information content (AvgIpc) is 2.70. The average molecular weight is 382 g/mol. The van der Waals surface area contributed by atoms with Gasteiger partial charge in [-0.25, -0.2) is 9.97 Å². The van der Waals surface area contributed by atoms with E-state index in [1.54, 1.807) is 12.3 Å². The summed E-state index contributed by atoms with van der Waals surface area (Å²) in [6.07, 6.45) is 3.89. The molecule has 0 aliphatic carbocycles. The van der Waals surface area contributed by atoms with Gasteiger partial charge in [-0.2, -0.15) is 0 Å². The molecule has 3 rings (SSSR count). The Hall–Kier alpha value is -2.63. The van der Waals surface area contributed by atoms with Gasteiger partial charge in [0.25, 0.3) is 5.91 Å². The number of nitrogens with one attached hydrogen (secondary N) is 1. The summed E-state index contributed by atoms with van der Waals surface area (Å²) in [5, 5.41) is 3.27. The van der Waals surface area contributed by atoms with Crippen molar-refractivity contribution >= 4 is 23.2 Å². The van der Waals surface area contributed by atoms with Gasteiger partial charge in [-0.1, -0.05) is 6.92 Å². The van der Waals surface area contributed by atoms with Crippen LogP contribution in [0, 0.1) is 12.8 Å². The molecule has 1 aromatic heterocycles.